The molecule has 6 heteroatoms. The number of amidine groups is 1. The van der Waals surface area contributed by atoms with Gasteiger partial charge in [-0.25, -0.2) is 9.79 Å². The van der Waals surface area contributed by atoms with E-state index >= 15 is 0 Å². The SMILES string of the molecule is CCOC(=O)C1=Cc2cc(C3=CCC=C(C(=O)N4CCCC4)C=C3)ccc2N=C(N(C)C)C1. The maximum absolute atomic E-state index is 12.8. The fourth-order valence-corrected chi connectivity index (χ4v) is 4.26. The molecule has 1 aromatic carbocycles. The van der Waals surface area contributed by atoms with Gasteiger partial charge in [-0.1, -0.05) is 24.3 Å². The van der Waals surface area contributed by atoms with E-state index in [4.69, 9.17) is 9.73 Å². The number of hydrogen-bond acceptors (Lipinski definition) is 5. The van der Waals surface area contributed by atoms with E-state index in [0.717, 1.165) is 59.7 Å². The van der Waals surface area contributed by atoms with Crippen LogP contribution in [0.1, 0.15) is 43.7 Å². The molecule has 0 unspecified atom stereocenters. The van der Waals surface area contributed by atoms with Crippen LogP contribution in [0.2, 0.25) is 0 Å². The molecular formula is C27H31N3O3. The highest BCUT2D eigenvalue weighted by Gasteiger charge is 2.22. The summed E-state index contributed by atoms with van der Waals surface area (Å²) < 4.78 is 5.27. The lowest BCUT2D eigenvalue weighted by atomic mass is 9.99. The predicted octanol–water partition coefficient (Wildman–Crippen LogP) is 4.52. The molecule has 4 rings (SSSR count). The number of carbonyl (C=O) groups excluding carboxylic acids is 2. The van der Waals surface area contributed by atoms with Crippen molar-refractivity contribution in [2.24, 2.45) is 4.99 Å². The van der Waals surface area contributed by atoms with Gasteiger partial charge in [-0.15, -0.1) is 0 Å². The number of rotatable bonds is 4. The molecule has 6 nitrogen and oxygen atoms in total. The Morgan fingerprint density at radius 3 is 2.64 bits per heavy atom. The highest BCUT2D eigenvalue weighted by atomic mass is 16.5. The second-order valence-electron chi connectivity index (χ2n) is 8.65. The summed E-state index contributed by atoms with van der Waals surface area (Å²) in [5.41, 5.74) is 5.12. The molecule has 1 fully saturated rings. The van der Waals surface area contributed by atoms with Crippen molar-refractivity contribution < 1.29 is 14.3 Å². The molecule has 1 amide bonds. The van der Waals surface area contributed by atoms with Crippen LogP contribution in [0.25, 0.3) is 11.6 Å². The molecule has 0 N–H and O–H groups in total. The first kappa shape index (κ1) is 22.8. The Morgan fingerprint density at radius 1 is 1.12 bits per heavy atom. The van der Waals surface area contributed by atoms with E-state index in [1.165, 1.54) is 0 Å². The van der Waals surface area contributed by atoms with E-state index in [9.17, 15) is 9.59 Å². The van der Waals surface area contributed by atoms with E-state index in [-0.39, 0.29) is 11.9 Å². The summed E-state index contributed by atoms with van der Waals surface area (Å²) in [6.45, 7) is 3.84. The molecule has 0 aromatic heterocycles. The van der Waals surface area contributed by atoms with Crippen LogP contribution in [0.5, 0.6) is 0 Å². The maximum atomic E-state index is 12.8. The summed E-state index contributed by atoms with van der Waals surface area (Å²) in [4.78, 5) is 34.0. The van der Waals surface area contributed by atoms with Crippen LogP contribution in [0, 0.1) is 0 Å². The first-order chi connectivity index (χ1) is 16.0. The lowest BCUT2D eigenvalue weighted by Crippen LogP contribution is -2.28. The number of allylic oxidation sites excluding steroid dienone is 4. The lowest BCUT2D eigenvalue weighted by Gasteiger charge is -2.15. The Bertz CT molecular complexity index is 1100. The zero-order valence-electron chi connectivity index (χ0n) is 19.6. The Morgan fingerprint density at radius 2 is 1.91 bits per heavy atom. The van der Waals surface area contributed by atoms with Gasteiger partial charge in [0.1, 0.15) is 5.84 Å². The van der Waals surface area contributed by atoms with Gasteiger partial charge in [-0.2, -0.15) is 0 Å². The van der Waals surface area contributed by atoms with Crippen molar-refractivity contribution in [2.45, 2.75) is 32.6 Å². The van der Waals surface area contributed by atoms with E-state index in [1.54, 1.807) is 0 Å². The largest absolute Gasteiger partial charge is 0.463 e. The van der Waals surface area contributed by atoms with Crippen LogP contribution >= 0.6 is 0 Å². The smallest absolute Gasteiger partial charge is 0.334 e. The van der Waals surface area contributed by atoms with Gasteiger partial charge in [0.15, 0.2) is 0 Å². The third-order valence-corrected chi connectivity index (χ3v) is 6.10. The third kappa shape index (κ3) is 5.16. The van der Waals surface area contributed by atoms with Crippen molar-refractivity contribution in [1.29, 1.82) is 0 Å². The molecule has 33 heavy (non-hydrogen) atoms. The number of amides is 1. The van der Waals surface area contributed by atoms with Crippen molar-refractivity contribution in [3.8, 4) is 0 Å². The molecule has 0 spiro atoms. The van der Waals surface area contributed by atoms with Crippen LogP contribution in [0.4, 0.5) is 5.69 Å². The molecule has 1 aromatic rings. The number of esters is 1. The van der Waals surface area contributed by atoms with Crippen LogP contribution < -0.4 is 0 Å². The Labute approximate surface area is 195 Å². The van der Waals surface area contributed by atoms with Crippen LogP contribution in [0.3, 0.4) is 0 Å². The molecule has 0 saturated carbocycles. The molecule has 0 radical (unpaired) electrons. The number of fused-ring (bicyclic) bond motifs is 1. The first-order valence-electron chi connectivity index (χ1n) is 11.6. The number of likely N-dealkylation sites (tertiary alicyclic amines) is 1. The van der Waals surface area contributed by atoms with E-state index in [0.29, 0.717) is 25.0 Å². The summed E-state index contributed by atoms with van der Waals surface area (Å²) in [5.74, 6) is 0.615. The van der Waals surface area contributed by atoms with Gasteiger partial charge in [0.25, 0.3) is 5.91 Å². The molecule has 0 bridgehead atoms. The molecular weight excluding hydrogens is 414 g/mol. The van der Waals surface area contributed by atoms with Gasteiger partial charge in [-0.3, -0.25) is 4.79 Å². The van der Waals surface area contributed by atoms with Gasteiger partial charge in [0.2, 0.25) is 0 Å². The second-order valence-corrected chi connectivity index (χ2v) is 8.65. The Hall–Kier alpha value is -3.41. The maximum Gasteiger partial charge on any atom is 0.334 e. The number of benzene rings is 1. The van der Waals surface area contributed by atoms with Crippen molar-refractivity contribution in [3.63, 3.8) is 0 Å². The van der Waals surface area contributed by atoms with Gasteiger partial charge >= 0.3 is 5.97 Å². The van der Waals surface area contributed by atoms with E-state index in [1.807, 2.05) is 67.3 Å². The quantitative estimate of drug-likeness (QED) is 0.640. The fourth-order valence-electron chi connectivity index (χ4n) is 4.26. The third-order valence-electron chi connectivity index (χ3n) is 6.10. The van der Waals surface area contributed by atoms with Gasteiger partial charge in [0.05, 0.1) is 12.3 Å². The van der Waals surface area contributed by atoms with Crippen LogP contribution in [-0.2, 0) is 14.3 Å². The van der Waals surface area contributed by atoms with Crippen molar-refractivity contribution in [3.05, 3.63) is 64.8 Å². The second kappa shape index (κ2) is 10.0. The predicted molar refractivity (Wildman–Crippen MR) is 132 cm³/mol. The molecule has 172 valence electrons. The van der Waals surface area contributed by atoms with Gasteiger partial charge in [0, 0.05) is 50.3 Å². The molecule has 1 saturated heterocycles. The molecule has 2 aliphatic heterocycles. The van der Waals surface area contributed by atoms with E-state index in [2.05, 4.69) is 12.1 Å². The summed E-state index contributed by atoms with van der Waals surface area (Å²) in [5, 5.41) is 0. The zero-order chi connectivity index (χ0) is 23.4. The first-order valence-corrected chi connectivity index (χ1v) is 11.6. The number of carbonyl (C=O) groups is 2. The summed E-state index contributed by atoms with van der Waals surface area (Å²) in [6, 6.07) is 6.09. The monoisotopic (exact) mass is 445 g/mol. The number of nitrogens with zero attached hydrogens (tertiary/aromatic N) is 3. The number of aliphatic imine (C=N–C) groups is 1. The molecule has 1 aliphatic carbocycles. The standard InChI is InChI=1S/C27H31N3O3/c1-4-33-27(32)23-17-22-16-21(12-13-24(22)28-25(18-23)29(2)3)19-8-7-9-20(11-10-19)26(31)30-14-5-6-15-30/h8-13,16-17H,4-7,14-15,18H2,1-3H3. The normalized spacial score (nSPS) is 17.7. The summed E-state index contributed by atoms with van der Waals surface area (Å²) >= 11 is 0. The zero-order valence-corrected chi connectivity index (χ0v) is 19.6. The molecule has 2 heterocycles. The minimum Gasteiger partial charge on any atom is -0.463 e. The van der Waals surface area contributed by atoms with E-state index < -0.39 is 0 Å². The Kier molecular flexibility index (Phi) is 6.92. The van der Waals surface area contributed by atoms with Gasteiger partial charge in [-0.05, 0) is 61.6 Å². The Balaban J connectivity index is 1.63. The lowest BCUT2D eigenvalue weighted by molar-refractivity contribution is -0.138. The highest BCUT2D eigenvalue weighted by Crippen LogP contribution is 2.32. The molecule has 0 atom stereocenters. The summed E-state index contributed by atoms with van der Waals surface area (Å²) in [7, 11) is 3.85. The minimum atomic E-state index is -0.312. The average Bonchev–Trinajstić information content (AvgIpc) is 3.12. The van der Waals surface area contributed by atoms with Gasteiger partial charge < -0.3 is 14.5 Å². The highest BCUT2D eigenvalue weighted by molar-refractivity contribution is 6.03. The molecule has 3 aliphatic rings. The topological polar surface area (TPSA) is 62.2 Å². The minimum absolute atomic E-state index is 0.118. The van der Waals surface area contributed by atoms with Crippen molar-refractivity contribution in [1.82, 2.24) is 9.80 Å². The fraction of sp³-hybridized carbons (Fsp3) is 0.370. The van der Waals surface area contributed by atoms with Crippen molar-refractivity contribution in [2.75, 3.05) is 33.8 Å². The average molecular weight is 446 g/mol. The van der Waals surface area contributed by atoms with Crippen LogP contribution in [-0.4, -0.2) is 61.3 Å². The number of ether oxygens (including phenoxy) is 1. The summed E-state index contributed by atoms with van der Waals surface area (Å²) in [6.07, 6.45) is 13.2. The van der Waals surface area contributed by atoms with Crippen molar-refractivity contribution >= 4 is 35.0 Å². The van der Waals surface area contributed by atoms with Crippen LogP contribution in [0.15, 0.2) is 58.6 Å². The number of hydrogen-bond donors (Lipinski definition) is 0.